The Kier molecular flexibility index (Phi) is 4.65. The zero-order valence-corrected chi connectivity index (χ0v) is 13.4. The lowest BCUT2D eigenvalue weighted by atomic mass is 9.86. The highest BCUT2D eigenvalue weighted by atomic mass is 79.9. The van der Waals surface area contributed by atoms with Gasteiger partial charge in [0.2, 0.25) is 0 Å². The Morgan fingerprint density at radius 3 is 2.35 bits per heavy atom. The van der Waals surface area contributed by atoms with E-state index in [-0.39, 0.29) is 5.41 Å². The van der Waals surface area contributed by atoms with Crippen molar-refractivity contribution in [3.8, 4) is 0 Å². The standard InChI is InChI=1S/C15H24BrN/c1-11-7-8-14(13(9-11)10-16)17(6)12(2)15(3,4)5/h7-9,12H,10H2,1-6H3. The van der Waals surface area contributed by atoms with Crippen LogP contribution in [0.3, 0.4) is 0 Å². The summed E-state index contributed by atoms with van der Waals surface area (Å²) >= 11 is 3.58. The summed E-state index contributed by atoms with van der Waals surface area (Å²) in [6.45, 7) is 11.3. The molecule has 1 atom stereocenters. The van der Waals surface area contributed by atoms with Gasteiger partial charge in [0.15, 0.2) is 0 Å². The Balaban J connectivity index is 3.08. The summed E-state index contributed by atoms with van der Waals surface area (Å²) in [6, 6.07) is 7.18. The fourth-order valence-corrected chi connectivity index (χ4v) is 2.40. The summed E-state index contributed by atoms with van der Waals surface area (Å²) in [5.74, 6) is 0. The average Bonchev–Trinajstić information content (AvgIpc) is 2.25. The third-order valence-electron chi connectivity index (χ3n) is 3.59. The maximum absolute atomic E-state index is 3.58. The molecule has 2 heteroatoms. The Hall–Kier alpha value is -0.500. The maximum atomic E-state index is 3.58. The van der Waals surface area contributed by atoms with Crippen molar-refractivity contribution >= 4 is 21.6 Å². The minimum absolute atomic E-state index is 0.281. The van der Waals surface area contributed by atoms with Gasteiger partial charge in [0.05, 0.1) is 0 Å². The number of aryl methyl sites for hydroxylation is 1. The van der Waals surface area contributed by atoms with E-state index in [1.807, 2.05) is 0 Å². The number of hydrogen-bond donors (Lipinski definition) is 0. The molecule has 0 heterocycles. The van der Waals surface area contributed by atoms with Gasteiger partial charge in [-0.25, -0.2) is 0 Å². The van der Waals surface area contributed by atoms with E-state index in [1.54, 1.807) is 0 Å². The molecule has 0 bridgehead atoms. The monoisotopic (exact) mass is 297 g/mol. The molecule has 1 aromatic rings. The first-order valence-corrected chi connectivity index (χ1v) is 7.28. The van der Waals surface area contributed by atoms with Crippen LogP contribution in [0.2, 0.25) is 0 Å². The number of benzene rings is 1. The van der Waals surface area contributed by atoms with Crippen LogP contribution in [0.15, 0.2) is 18.2 Å². The van der Waals surface area contributed by atoms with Crippen molar-refractivity contribution in [3.63, 3.8) is 0 Å². The molecule has 1 aromatic carbocycles. The highest BCUT2D eigenvalue weighted by Crippen LogP contribution is 2.30. The van der Waals surface area contributed by atoms with Crippen LogP contribution in [0.25, 0.3) is 0 Å². The van der Waals surface area contributed by atoms with Gasteiger partial charge in [-0.15, -0.1) is 0 Å². The van der Waals surface area contributed by atoms with E-state index in [0.29, 0.717) is 6.04 Å². The van der Waals surface area contributed by atoms with E-state index in [4.69, 9.17) is 0 Å². The zero-order valence-electron chi connectivity index (χ0n) is 11.8. The molecule has 0 N–H and O–H groups in total. The molecular formula is C15H24BrN. The van der Waals surface area contributed by atoms with E-state index in [0.717, 1.165) is 5.33 Å². The molecule has 1 rings (SSSR count). The van der Waals surface area contributed by atoms with Crippen molar-refractivity contribution in [1.82, 2.24) is 0 Å². The lowest BCUT2D eigenvalue weighted by molar-refractivity contribution is 0.329. The lowest BCUT2D eigenvalue weighted by Gasteiger charge is -2.37. The smallest absolute Gasteiger partial charge is 0.0407 e. The molecule has 1 nitrogen and oxygen atoms in total. The number of nitrogens with zero attached hydrogens (tertiary/aromatic N) is 1. The van der Waals surface area contributed by atoms with E-state index < -0.39 is 0 Å². The second-order valence-electron chi connectivity index (χ2n) is 5.92. The number of anilines is 1. The third-order valence-corrected chi connectivity index (χ3v) is 4.20. The van der Waals surface area contributed by atoms with Crippen molar-refractivity contribution in [2.24, 2.45) is 5.41 Å². The van der Waals surface area contributed by atoms with Gasteiger partial charge in [-0.05, 0) is 30.9 Å². The highest BCUT2D eigenvalue weighted by molar-refractivity contribution is 9.08. The molecule has 0 aliphatic rings. The van der Waals surface area contributed by atoms with Gasteiger partial charge in [0.25, 0.3) is 0 Å². The Bertz CT molecular complexity index is 379. The fraction of sp³-hybridized carbons (Fsp3) is 0.600. The molecular weight excluding hydrogens is 274 g/mol. The van der Waals surface area contributed by atoms with Crippen LogP contribution in [0.5, 0.6) is 0 Å². The molecule has 17 heavy (non-hydrogen) atoms. The zero-order chi connectivity index (χ0) is 13.2. The summed E-state index contributed by atoms with van der Waals surface area (Å²) < 4.78 is 0. The molecule has 1 unspecified atom stereocenters. The third kappa shape index (κ3) is 3.48. The van der Waals surface area contributed by atoms with Gasteiger partial charge >= 0.3 is 0 Å². The normalized spacial score (nSPS) is 13.6. The summed E-state index contributed by atoms with van der Waals surface area (Å²) in [6.07, 6.45) is 0. The molecule has 0 saturated heterocycles. The fourth-order valence-electron chi connectivity index (χ4n) is 1.95. The van der Waals surface area contributed by atoms with Crippen molar-refractivity contribution in [1.29, 1.82) is 0 Å². The molecule has 0 amide bonds. The second-order valence-corrected chi connectivity index (χ2v) is 6.48. The van der Waals surface area contributed by atoms with Crippen molar-refractivity contribution in [2.45, 2.75) is 46.0 Å². The van der Waals surface area contributed by atoms with Gasteiger partial charge in [-0.2, -0.15) is 0 Å². The average molecular weight is 298 g/mol. The highest BCUT2D eigenvalue weighted by Gasteiger charge is 2.25. The van der Waals surface area contributed by atoms with Crippen LogP contribution in [0.1, 0.15) is 38.8 Å². The van der Waals surface area contributed by atoms with Crippen molar-refractivity contribution in [2.75, 3.05) is 11.9 Å². The second kappa shape index (κ2) is 5.43. The first-order chi connectivity index (χ1) is 7.77. The summed E-state index contributed by atoms with van der Waals surface area (Å²) in [4.78, 5) is 2.38. The molecule has 96 valence electrons. The first-order valence-electron chi connectivity index (χ1n) is 6.15. The maximum Gasteiger partial charge on any atom is 0.0407 e. The minimum Gasteiger partial charge on any atom is -0.371 e. The van der Waals surface area contributed by atoms with Crippen LogP contribution in [-0.4, -0.2) is 13.1 Å². The van der Waals surface area contributed by atoms with Gasteiger partial charge < -0.3 is 4.90 Å². The van der Waals surface area contributed by atoms with Crippen LogP contribution >= 0.6 is 15.9 Å². The van der Waals surface area contributed by atoms with E-state index in [9.17, 15) is 0 Å². The van der Waals surface area contributed by atoms with Crippen LogP contribution in [0, 0.1) is 12.3 Å². The topological polar surface area (TPSA) is 3.24 Å². The molecule has 0 spiro atoms. The van der Waals surface area contributed by atoms with Gasteiger partial charge in [0.1, 0.15) is 0 Å². The number of hydrogen-bond acceptors (Lipinski definition) is 1. The van der Waals surface area contributed by atoms with Crippen LogP contribution < -0.4 is 4.90 Å². The predicted octanol–water partition coefficient (Wildman–Crippen LogP) is 4.76. The number of rotatable bonds is 3. The van der Waals surface area contributed by atoms with E-state index in [1.165, 1.54) is 16.8 Å². The molecule has 0 saturated carbocycles. The van der Waals surface area contributed by atoms with Gasteiger partial charge in [0, 0.05) is 24.1 Å². The van der Waals surface area contributed by atoms with Crippen LogP contribution in [0.4, 0.5) is 5.69 Å². The SMILES string of the molecule is Cc1ccc(N(C)C(C)C(C)(C)C)c(CBr)c1. The molecule has 0 aliphatic carbocycles. The molecule has 0 aliphatic heterocycles. The van der Waals surface area contributed by atoms with E-state index >= 15 is 0 Å². The molecule has 0 fully saturated rings. The minimum atomic E-state index is 0.281. The summed E-state index contributed by atoms with van der Waals surface area (Å²) in [7, 11) is 2.19. The Morgan fingerprint density at radius 1 is 1.29 bits per heavy atom. The van der Waals surface area contributed by atoms with Crippen molar-refractivity contribution < 1.29 is 0 Å². The Labute approximate surface area is 114 Å². The van der Waals surface area contributed by atoms with Crippen molar-refractivity contribution in [3.05, 3.63) is 29.3 Å². The molecule has 0 aromatic heterocycles. The number of halogens is 1. The molecule has 0 radical (unpaired) electrons. The van der Waals surface area contributed by atoms with Crippen LogP contribution in [-0.2, 0) is 5.33 Å². The first kappa shape index (κ1) is 14.6. The predicted molar refractivity (Wildman–Crippen MR) is 81.1 cm³/mol. The quantitative estimate of drug-likeness (QED) is 0.727. The number of alkyl halides is 1. The van der Waals surface area contributed by atoms with Gasteiger partial charge in [-0.1, -0.05) is 54.4 Å². The largest absolute Gasteiger partial charge is 0.371 e. The summed E-state index contributed by atoms with van der Waals surface area (Å²) in [5.41, 5.74) is 4.29. The van der Waals surface area contributed by atoms with E-state index in [2.05, 4.69) is 80.7 Å². The van der Waals surface area contributed by atoms with Gasteiger partial charge in [-0.3, -0.25) is 0 Å². The summed E-state index contributed by atoms with van der Waals surface area (Å²) in [5, 5.41) is 0.908. The Morgan fingerprint density at radius 2 is 1.88 bits per heavy atom. The lowest BCUT2D eigenvalue weighted by Crippen LogP contribution is -2.39.